The second-order valence-electron chi connectivity index (χ2n) is 3.54. The average Bonchev–Trinajstić information content (AvgIpc) is 2.34. The van der Waals surface area contributed by atoms with Crippen LogP contribution < -0.4 is 10.9 Å². The molecule has 2 unspecified atom stereocenters. The maximum Gasteiger partial charge on any atom is 0.153 e. The lowest BCUT2D eigenvalue weighted by molar-refractivity contribution is -0.123. The highest BCUT2D eigenvalue weighted by Gasteiger charge is 2.27. The maximum absolute atomic E-state index is 11.4. The summed E-state index contributed by atoms with van der Waals surface area (Å²) < 4.78 is 0. The fourth-order valence-electron chi connectivity index (χ4n) is 1.30. The number of hydrogen-bond acceptors (Lipinski definition) is 3. The van der Waals surface area contributed by atoms with E-state index in [-0.39, 0.29) is 12.0 Å². The Bertz CT molecular complexity index is 156. The van der Waals surface area contributed by atoms with Crippen LogP contribution in [0.3, 0.4) is 0 Å². The summed E-state index contributed by atoms with van der Waals surface area (Å²) >= 11 is 0. The molecule has 1 heterocycles. The molecule has 1 fully saturated rings. The summed E-state index contributed by atoms with van der Waals surface area (Å²) in [6.45, 7) is 5.95. The minimum absolute atomic E-state index is 0.0324. The number of rotatable bonds is 2. The molecule has 1 rings (SSSR count). The molecule has 0 bridgehead atoms. The first-order chi connectivity index (χ1) is 5.11. The molecule has 0 spiro atoms. The highest BCUT2D eigenvalue weighted by atomic mass is 16.1. The van der Waals surface area contributed by atoms with Crippen LogP contribution in [-0.2, 0) is 4.79 Å². The second-order valence-corrected chi connectivity index (χ2v) is 3.54. The van der Waals surface area contributed by atoms with Crippen LogP contribution in [0.2, 0.25) is 0 Å². The van der Waals surface area contributed by atoms with Crippen LogP contribution in [0, 0.1) is 5.92 Å². The van der Waals surface area contributed by atoms with Crippen molar-refractivity contribution in [3.8, 4) is 0 Å². The zero-order chi connectivity index (χ0) is 8.43. The monoisotopic (exact) mass is 156 g/mol. The summed E-state index contributed by atoms with van der Waals surface area (Å²) in [5, 5.41) is 0. The Morgan fingerprint density at radius 1 is 1.45 bits per heavy atom. The molecule has 64 valence electrons. The average molecular weight is 156 g/mol. The smallest absolute Gasteiger partial charge is 0.153 e. The van der Waals surface area contributed by atoms with Crippen LogP contribution in [0.5, 0.6) is 0 Å². The van der Waals surface area contributed by atoms with Gasteiger partial charge < -0.3 is 0 Å². The first-order valence-electron chi connectivity index (χ1n) is 4.16. The molecule has 2 atom stereocenters. The first kappa shape index (κ1) is 8.68. The highest BCUT2D eigenvalue weighted by Crippen LogP contribution is 2.09. The molecule has 0 aromatic rings. The zero-order valence-corrected chi connectivity index (χ0v) is 7.35. The van der Waals surface area contributed by atoms with E-state index in [0.29, 0.717) is 11.8 Å². The number of carbonyl (C=O) groups is 1. The third-order valence-electron chi connectivity index (χ3n) is 2.01. The molecular weight excluding hydrogens is 140 g/mol. The van der Waals surface area contributed by atoms with Gasteiger partial charge in [0.15, 0.2) is 5.78 Å². The summed E-state index contributed by atoms with van der Waals surface area (Å²) in [5.41, 5.74) is 6.02. The van der Waals surface area contributed by atoms with E-state index in [1.807, 2.05) is 13.8 Å². The van der Waals surface area contributed by atoms with Crippen LogP contribution >= 0.6 is 0 Å². The summed E-state index contributed by atoms with van der Waals surface area (Å²) in [4.78, 5) is 11.4. The van der Waals surface area contributed by atoms with Gasteiger partial charge >= 0.3 is 0 Å². The van der Waals surface area contributed by atoms with Gasteiger partial charge in [0, 0.05) is 12.0 Å². The molecule has 0 amide bonds. The minimum Gasteiger partial charge on any atom is -0.298 e. The first-order valence-corrected chi connectivity index (χ1v) is 4.16. The SMILES string of the molecule is CC1CC(C(=O)C(C)C)NN1. The Morgan fingerprint density at radius 3 is 2.45 bits per heavy atom. The fraction of sp³-hybridized carbons (Fsp3) is 0.875. The second kappa shape index (κ2) is 3.32. The summed E-state index contributed by atoms with van der Waals surface area (Å²) in [5.74, 6) is 0.446. The van der Waals surface area contributed by atoms with Crippen molar-refractivity contribution in [2.45, 2.75) is 39.3 Å². The van der Waals surface area contributed by atoms with Gasteiger partial charge in [-0.05, 0) is 13.3 Å². The number of hydrogen-bond donors (Lipinski definition) is 2. The van der Waals surface area contributed by atoms with Gasteiger partial charge in [-0.25, -0.2) is 5.43 Å². The van der Waals surface area contributed by atoms with Crippen molar-refractivity contribution < 1.29 is 4.79 Å². The maximum atomic E-state index is 11.4. The van der Waals surface area contributed by atoms with E-state index in [2.05, 4.69) is 17.8 Å². The van der Waals surface area contributed by atoms with Crippen LogP contribution in [0.4, 0.5) is 0 Å². The van der Waals surface area contributed by atoms with E-state index >= 15 is 0 Å². The minimum atomic E-state index is 0.0324. The van der Waals surface area contributed by atoms with E-state index in [0.717, 1.165) is 6.42 Å². The van der Waals surface area contributed by atoms with Crippen molar-refractivity contribution in [1.82, 2.24) is 10.9 Å². The van der Waals surface area contributed by atoms with E-state index < -0.39 is 0 Å². The Balaban J connectivity index is 2.43. The summed E-state index contributed by atoms with van der Waals surface area (Å²) in [7, 11) is 0. The van der Waals surface area contributed by atoms with E-state index in [9.17, 15) is 4.79 Å². The van der Waals surface area contributed by atoms with Crippen LogP contribution in [0.25, 0.3) is 0 Å². The summed E-state index contributed by atoms with van der Waals surface area (Å²) in [6, 6.07) is 0.452. The predicted molar refractivity (Wildman–Crippen MR) is 44.0 cm³/mol. The number of hydrazine groups is 1. The Hall–Kier alpha value is -0.410. The molecule has 1 saturated heterocycles. The van der Waals surface area contributed by atoms with Gasteiger partial charge in [-0.1, -0.05) is 13.8 Å². The lowest BCUT2D eigenvalue weighted by atomic mass is 9.99. The van der Waals surface area contributed by atoms with Gasteiger partial charge in [0.2, 0.25) is 0 Å². The molecule has 1 aliphatic rings. The third kappa shape index (κ3) is 2.01. The van der Waals surface area contributed by atoms with Crippen molar-refractivity contribution >= 4 is 5.78 Å². The molecule has 0 aliphatic carbocycles. The Labute approximate surface area is 67.5 Å². The van der Waals surface area contributed by atoms with Gasteiger partial charge in [-0.15, -0.1) is 0 Å². The van der Waals surface area contributed by atoms with Gasteiger partial charge in [-0.2, -0.15) is 0 Å². The van der Waals surface area contributed by atoms with Gasteiger partial charge in [0.05, 0.1) is 6.04 Å². The van der Waals surface area contributed by atoms with Gasteiger partial charge in [0.1, 0.15) is 0 Å². The summed E-state index contributed by atoms with van der Waals surface area (Å²) in [6.07, 6.45) is 0.914. The van der Waals surface area contributed by atoms with Crippen molar-refractivity contribution in [1.29, 1.82) is 0 Å². The topological polar surface area (TPSA) is 41.1 Å². The quantitative estimate of drug-likeness (QED) is 0.610. The third-order valence-corrected chi connectivity index (χ3v) is 2.01. The molecule has 2 N–H and O–H groups in total. The number of nitrogens with one attached hydrogen (secondary N) is 2. The molecule has 3 nitrogen and oxygen atoms in total. The molecule has 0 saturated carbocycles. The van der Waals surface area contributed by atoms with Gasteiger partial charge in [-0.3, -0.25) is 10.2 Å². The van der Waals surface area contributed by atoms with Gasteiger partial charge in [0.25, 0.3) is 0 Å². The van der Waals surface area contributed by atoms with E-state index in [1.165, 1.54) is 0 Å². The van der Waals surface area contributed by atoms with Crippen LogP contribution in [0.15, 0.2) is 0 Å². The molecule has 0 aromatic heterocycles. The number of Topliss-reactive ketones (excluding diaryl/α,β-unsaturated/α-hetero) is 1. The van der Waals surface area contributed by atoms with E-state index in [1.54, 1.807) is 0 Å². The molecule has 11 heavy (non-hydrogen) atoms. The predicted octanol–water partition coefficient (Wildman–Crippen LogP) is 0.467. The highest BCUT2D eigenvalue weighted by molar-refractivity contribution is 5.85. The molecule has 0 aromatic carbocycles. The number of carbonyl (C=O) groups excluding carboxylic acids is 1. The van der Waals surface area contributed by atoms with Crippen molar-refractivity contribution in [3.63, 3.8) is 0 Å². The van der Waals surface area contributed by atoms with Crippen LogP contribution in [-0.4, -0.2) is 17.9 Å². The molecule has 0 radical (unpaired) electrons. The van der Waals surface area contributed by atoms with Crippen molar-refractivity contribution in [2.24, 2.45) is 5.92 Å². The van der Waals surface area contributed by atoms with E-state index in [4.69, 9.17) is 0 Å². The molecular formula is C8H16N2O. The lowest BCUT2D eigenvalue weighted by Crippen LogP contribution is -2.38. The van der Waals surface area contributed by atoms with Crippen molar-refractivity contribution in [2.75, 3.05) is 0 Å². The zero-order valence-electron chi connectivity index (χ0n) is 7.35. The number of ketones is 1. The van der Waals surface area contributed by atoms with Crippen LogP contribution in [0.1, 0.15) is 27.2 Å². The fourth-order valence-corrected chi connectivity index (χ4v) is 1.30. The Kier molecular flexibility index (Phi) is 2.62. The normalized spacial score (nSPS) is 31.3. The largest absolute Gasteiger partial charge is 0.298 e. The molecule has 3 heteroatoms. The molecule has 1 aliphatic heterocycles. The standard InChI is InChI=1S/C8H16N2O/c1-5(2)8(11)7-4-6(3)9-10-7/h5-7,9-10H,4H2,1-3H3. The lowest BCUT2D eigenvalue weighted by Gasteiger charge is -2.09. The van der Waals surface area contributed by atoms with Crippen molar-refractivity contribution in [3.05, 3.63) is 0 Å². The Morgan fingerprint density at radius 2 is 2.09 bits per heavy atom.